The lowest BCUT2D eigenvalue weighted by Crippen LogP contribution is -2.18. The normalized spacial score (nSPS) is 11.4. The van der Waals surface area contributed by atoms with Crippen LogP contribution < -0.4 is 10.1 Å². The minimum atomic E-state index is -4.58. The van der Waals surface area contributed by atoms with Gasteiger partial charge in [-0.25, -0.2) is 0 Å². The number of carbonyl (C=O) groups excluding carboxylic acids is 3. The second-order valence-electron chi connectivity index (χ2n) is 7.66. The number of hydrogen-bond donors (Lipinski definition) is 2. The van der Waals surface area contributed by atoms with Crippen molar-refractivity contribution in [1.82, 2.24) is 0 Å². The molecular formula is C23H38FNO9S. The summed E-state index contributed by atoms with van der Waals surface area (Å²) in [5.41, 5.74) is -0.0752. The van der Waals surface area contributed by atoms with Gasteiger partial charge < -0.3 is 24.3 Å². The third-order valence-corrected chi connectivity index (χ3v) is 5.76. The number of anilines is 1. The summed E-state index contributed by atoms with van der Waals surface area (Å²) in [6.07, 6.45) is 2.74. The number of rotatable bonds is 16. The summed E-state index contributed by atoms with van der Waals surface area (Å²) in [6, 6.07) is 3.87. The van der Waals surface area contributed by atoms with Crippen molar-refractivity contribution >= 4 is 33.5 Å². The predicted molar refractivity (Wildman–Crippen MR) is 130 cm³/mol. The van der Waals surface area contributed by atoms with Gasteiger partial charge in [0.25, 0.3) is 10.1 Å². The molecule has 1 rings (SSSR count). The lowest BCUT2D eigenvalue weighted by molar-refractivity contribution is -0.144. The van der Waals surface area contributed by atoms with Gasteiger partial charge in [0.15, 0.2) is 0 Å². The largest absolute Gasteiger partial charge is 0.497 e. The fraction of sp³-hybridized carbons (Fsp3) is 0.609. The fourth-order valence-electron chi connectivity index (χ4n) is 3.18. The molecule has 2 N–H and O–H groups in total. The van der Waals surface area contributed by atoms with Crippen LogP contribution in [0.3, 0.4) is 0 Å². The zero-order chi connectivity index (χ0) is 24.9. The van der Waals surface area contributed by atoms with Crippen LogP contribution in [0.2, 0.25) is 0 Å². The molecule has 0 saturated heterocycles. The third-order valence-electron chi connectivity index (χ3n) is 4.87. The van der Waals surface area contributed by atoms with Crippen LogP contribution >= 0.6 is 0 Å². The first-order valence-electron chi connectivity index (χ1n) is 10.7. The average Bonchev–Trinajstić information content (AvgIpc) is 2.74. The number of esters is 1. The van der Waals surface area contributed by atoms with Gasteiger partial charge >= 0.3 is 5.97 Å². The van der Waals surface area contributed by atoms with Crippen LogP contribution in [0.1, 0.15) is 59.3 Å². The first kappa shape index (κ1) is 34.6. The summed E-state index contributed by atoms with van der Waals surface area (Å²) in [7, 11) is -1.65. The molecule has 1 unspecified atom stereocenters. The molecule has 35 heavy (non-hydrogen) atoms. The van der Waals surface area contributed by atoms with Crippen molar-refractivity contribution in [3.8, 4) is 5.75 Å². The van der Waals surface area contributed by atoms with Gasteiger partial charge in [-0.15, -0.1) is 0 Å². The Morgan fingerprint density at radius 2 is 1.74 bits per heavy atom. The van der Waals surface area contributed by atoms with Gasteiger partial charge in [0, 0.05) is 39.0 Å². The van der Waals surface area contributed by atoms with Crippen LogP contribution in [0.5, 0.6) is 5.75 Å². The van der Waals surface area contributed by atoms with E-state index in [4.69, 9.17) is 14.2 Å². The van der Waals surface area contributed by atoms with Crippen molar-refractivity contribution in [1.29, 1.82) is 0 Å². The van der Waals surface area contributed by atoms with E-state index in [1.54, 1.807) is 7.11 Å². The summed E-state index contributed by atoms with van der Waals surface area (Å²) < 4.78 is 47.8. The summed E-state index contributed by atoms with van der Waals surface area (Å²) in [4.78, 5) is 35.3. The van der Waals surface area contributed by atoms with Gasteiger partial charge in [-0.1, -0.05) is 7.43 Å². The van der Waals surface area contributed by atoms with E-state index in [1.807, 2.05) is 0 Å². The number of hydrogen-bond acceptors (Lipinski definition) is 8. The fourth-order valence-corrected chi connectivity index (χ4v) is 3.84. The van der Waals surface area contributed by atoms with E-state index in [0.29, 0.717) is 32.3 Å². The van der Waals surface area contributed by atoms with Crippen LogP contribution in [-0.4, -0.2) is 58.1 Å². The highest BCUT2D eigenvalue weighted by Crippen LogP contribution is 2.27. The van der Waals surface area contributed by atoms with Crippen molar-refractivity contribution in [3.05, 3.63) is 18.2 Å². The van der Waals surface area contributed by atoms with E-state index in [0.717, 1.165) is 12.5 Å². The number of ketones is 1. The molecular weight excluding hydrogens is 485 g/mol. The van der Waals surface area contributed by atoms with Crippen molar-refractivity contribution < 1.29 is 46.3 Å². The molecule has 10 nitrogen and oxygen atoms in total. The number of methoxy groups -OCH3 is 2. The Bertz CT molecular complexity index is 906. The molecule has 1 aromatic rings. The molecule has 0 bridgehead atoms. The molecule has 0 fully saturated rings. The topological polar surface area (TPSA) is 145 Å². The van der Waals surface area contributed by atoms with E-state index in [2.05, 4.69) is 5.32 Å². The van der Waals surface area contributed by atoms with Gasteiger partial charge in [0.2, 0.25) is 5.91 Å². The summed E-state index contributed by atoms with van der Waals surface area (Å²) in [6.45, 7) is 2.18. The highest BCUT2D eigenvalue weighted by Gasteiger charge is 2.20. The Morgan fingerprint density at radius 1 is 1.06 bits per heavy atom. The molecule has 202 valence electrons. The maximum Gasteiger partial charge on any atom is 0.305 e. The van der Waals surface area contributed by atoms with Crippen LogP contribution in [0, 0.1) is 5.92 Å². The standard InChI is InChI=1S/C22H33NO9S.CH4.FH/c1-16(24)14-17(11-13-32-22(26)6-4-5-12-30-2)7-10-21(25)23-19-9-8-18(31-3)15-20(19)33(27,28)29;;/h8-9,15,17H,4-7,10-14H2,1-3H3,(H,23,25)(H,27,28,29);1H4;1H. The molecule has 0 heterocycles. The molecule has 1 amide bonds. The molecule has 0 aliphatic rings. The van der Waals surface area contributed by atoms with Crippen LogP contribution in [0.4, 0.5) is 10.4 Å². The maximum atomic E-state index is 12.4. The Balaban J connectivity index is 0. The zero-order valence-corrected chi connectivity index (χ0v) is 20.5. The van der Waals surface area contributed by atoms with E-state index in [-0.39, 0.29) is 60.7 Å². The number of nitrogens with one attached hydrogen (secondary N) is 1. The predicted octanol–water partition coefficient (Wildman–Crippen LogP) is 3.79. The second-order valence-corrected chi connectivity index (χ2v) is 9.05. The summed E-state index contributed by atoms with van der Waals surface area (Å²) in [5.74, 6) is -0.812. The van der Waals surface area contributed by atoms with Gasteiger partial charge in [-0.05, 0) is 50.7 Å². The molecule has 0 aromatic heterocycles. The van der Waals surface area contributed by atoms with Gasteiger partial charge in [-0.3, -0.25) is 18.8 Å². The first-order valence-corrected chi connectivity index (χ1v) is 12.1. The Morgan fingerprint density at radius 3 is 2.31 bits per heavy atom. The Kier molecular flexibility index (Phi) is 17.6. The van der Waals surface area contributed by atoms with E-state index in [9.17, 15) is 27.4 Å². The van der Waals surface area contributed by atoms with Crippen molar-refractivity contribution in [2.75, 3.05) is 32.8 Å². The molecule has 1 aromatic carbocycles. The van der Waals surface area contributed by atoms with Crippen molar-refractivity contribution in [3.63, 3.8) is 0 Å². The smallest absolute Gasteiger partial charge is 0.305 e. The molecule has 12 heteroatoms. The minimum Gasteiger partial charge on any atom is -0.497 e. The summed E-state index contributed by atoms with van der Waals surface area (Å²) >= 11 is 0. The van der Waals surface area contributed by atoms with Crippen molar-refractivity contribution in [2.45, 2.75) is 64.2 Å². The lowest BCUT2D eigenvalue weighted by atomic mass is 9.94. The summed E-state index contributed by atoms with van der Waals surface area (Å²) in [5, 5.41) is 2.47. The van der Waals surface area contributed by atoms with Gasteiger partial charge in [-0.2, -0.15) is 8.42 Å². The molecule has 1 atom stereocenters. The molecule has 0 aliphatic heterocycles. The number of carbonyl (C=O) groups is 3. The molecule has 0 radical (unpaired) electrons. The van der Waals surface area contributed by atoms with E-state index >= 15 is 0 Å². The van der Waals surface area contributed by atoms with Crippen LogP contribution in [0.25, 0.3) is 0 Å². The SMILES string of the molecule is C.COCCCCC(=O)OCCC(CCC(=O)Nc1ccc(OC)cc1S(=O)(=O)O)CC(C)=O.F. The first-order chi connectivity index (χ1) is 15.6. The highest BCUT2D eigenvalue weighted by atomic mass is 32.2. The quantitative estimate of drug-likeness (QED) is 0.188. The second kappa shape index (κ2) is 17.8. The number of ether oxygens (including phenoxy) is 3. The maximum absolute atomic E-state index is 12.4. The third kappa shape index (κ3) is 14.4. The zero-order valence-electron chi connectivity index (χ0n) is 19.7. The number of benzene rings is 1. The number of Topliss-reactive ketones (excluding diaryl/α,β-unsaturated/α-hetero) is 1. The van der Waals surface area contributed by atoms with Crippen LogP contribution in [-0.2, 0) is 34.0 Å². The van der Waals surface area contributed by atoms with Gasteiger partial charge in [0.1, 0.15) is 16.4 Å². The molecule has 0 spiro atoms. The number of amides is 1. The van der Waals surface area contributed by atoms with Gasteiger partial charge in [0.05, 0.1) is 19.4 Å². The van der Waals surface area contributed by atoms with Crippen molar-refractivity contribution in [2.24, 2.45) is 5.92 Å². The van der Waals surface area contributed by atoms with Crippen LogP contribution in [0.15, 0.2) is 23.1 Å². The Labute approximate surface area is 206 Å². The minimum absolute atomic E-state index is 0. The lowest BCUT2D eigenvalue weighted by Gasteiger charge is -2.16. The highest BCUT2D eigenvalue weighted by molar-refractivity contribution is 7.86. The Hall–Kier alpha value is -2.57. The average molecular weight is 524 g/mol. The number of unbranched alkanes of at least 4 members (excludes halogenated alkanes) is 1. The van der Waals surface area contributed by atoms with E-state index in [1.165, 1.54) is 26.2 Å². The monoisotopic (exact) mass is 523 g/mol. The van der Waals surface area contributed by atoms with E-state index < -0.39 is 20.9 Å². The number of halogens is 1. The molecule has 0 aliphatic carbocycles. The molecule has 0 saturated carbocycles.